The normalized spacial score (nSPS) is 45.4. The third kappa shape index (κ3) is 9.18. The molecule has 4 aliphatic rings. The highest BCUT2D eigenvalue weighted by molar-refractivity contribution is 5.73. The molecule has 5 rings (SSSR count). The van der Waals surface area contributed by atoms with E-state index in [0.29, 0.717) is 19.4 Å². The average Bonchev–Trinajstić information content (AvgIpc) is 3.47. The maximum Gasteiger partial charge on any atom is 0.311 e. The minimum Gasteiger partial charge on any atom is -0.459 e. The summed E-state index contributed by atoms with van der Waals surface area (Å²) < 4.78 is 45.6. The van der Waals surface area contributed by atoms with Gasteiger partial charge in [-0.15, -0.1) is 0 Å². The van der Waals surface area contributed by atoms with Gasteiger partial charge in [-0.05, 0) is 79.3 Å². The lowest BCUT2D eigenvalue weighted by Gasteiger charge is -2.48. The molecule has 4 heterocycles. The molecule has 4 N–H and O–H groups in total. The number of rotatable bonds is 11. The number of cyclic esters (lactones) is 1. The summed E-state index contributed by atoms with van der Waals surface area (Å²) in [5.41, 5.74) is -2.65. The number of hydrogen-bond acceptors (Lipinski definition) is 13. The summed E-state index contributed by atoms with van der Waals surface area (Å²) in [6, 6.07) is 9.82. The summed E-state index contributed by atoms with van der Waals surface area (Å²) in [4.78, 5) is 16.6. The second-order valence-electron chi connectivity index (χ2n) is 18.2. The third-order valence-electron chi connectivity index (χ3n) is 13.6. The Bertz CT molecular complexity index is 1430. The fourth-order valence-corrected chi connectivity index (χ4v) is 10.1. The molecule has 4 saturated heterocycles. The molecule has 56 heavy (non-hydrogen) atoms. The van der Waals surface area contributed by atoms with Gasteiger partial charge in [-0.3, -0.25) is 9.69 Å². The largest absolute Gasteiger partial charge is 0.459 e. The van der Waals surface area contributed by atoms with Crippen molar-refractivity contribution in [3.8, 4) is 0 Å². The number of likely N-dealkylation sites (N-methyl/N-ethyl adjacent to an activating group) is 1. The fourth-order valence-electron chi connectivity index (χ4n) is 10.1. The molecule has 0 aromatic heterocycles. The lowest BCUT2D eigenvalue weighted by molar-refractivity contribution is -0.318. The number of ether oxygens (including phenoxy) is 7. The SMILES string of the molecule is CC[C@@H](O)[C@@](C)(O)[C@@H]1OC(=O)[C@H](C)[C@@H](O[C@H]2C[C@@](C)(OC)[C@@H](O)[C@H](C)O2)[C@H](C)[C@@H](O[C@@H]2O[C@H](C)C[C@H](N(C)Cc3ccccc3)[C@H]2O)[C@@]2(C)CC(C)C(O2)[C@@H]1C. The van der Waals surface area contributed by atoms with Gasteiger partial charge in [0.05, 0.1) is 53.7 Å². The quantitative estimate of drug-likeness (QED) is 0.236. The van der Waals surface area contributed by atoms with Crippen LogP contribution in [0.15, 0.2) is 30.3 Å². The van der Waals surface area contributed by atoms with Crippen LogP contribution in [0.3, 0.4) is 0 Å². The van der Waals surface area contributed by atoms with Gasteiger partial charge in [0.1, 0.15) is 23.9 Å². The van der Waals surface area contributed by atoms with Gasteiger partial charge in [-0.2, -0.15) is 0 Å². The first-order chi connectivity index (χ1) is 26.2. The maximum absolute atomic E-state index is 14.4. The first-order valence-electron chi connectivity index (χ1n) is 20.7. The molecule has 4 aliphatic heterocycles. The number of aliphatic hydroxyl groups is 4. The Hall–Kier alpha value is -1.75. The number of benzene rings is 1. The first-order valence-corrected chi connectivity index (χ1v) is 20.7. The number of fused-ring (bicyclic) bond motifs is 2. The van der Waals surface area contributed by atoms with Crippen LogP contribution in [0, 0.1) is 23.7 Å². The summed E-state index contributed by atoms with van der Waals surface area (Å²) in [6.07, 6.45) is -7.70. The zero-order valence-corrected chi connectivity index (χ0v) is 35.7. The summed E-state index contributed by atoms with van der Waals surface area (Å²) in [5, 5.41) is 46.0. The van der Waals surface area contributed by atoms with Crippen molar-refractivity contribution in [2.24, 2.45) is 23.7 Å². The van der Waals surface area contributed by atoms with Crippen LogP contribution in [0.25, 0.3) is 0 Å². The number of carbonyl (C=O) groups excluding carboxylic acids is 1. The molecule has 320 valence electrons. The van der Waals surface area contributed by atoms with Crippen LogP contribution in [-0.2, 0) is 44.5 Å². The number of nitrogens with zero attached hydrogens (tertiary/aromatic N) is 1. The zero-order valence-electron chi connectivity index (χ0n) is 35.7. The predicted octanol–water partition coefficient (Wildman–Crippen LogP) is 4.19. The van der Waals surface area contributed by atoms with Gasteiger partial charge in [0.2, 0.25) is 0 Å². The van der Waals surface area contributed by atoms with Crippen LogP contribution in [0.1, 0.15) is 100 Å². The average molecular weight is 794 g/mol. The predicted molar refractivity (Wildman–Crippen MR) is 208 cm³/mol. The number of methoxy groups -OCH3 is 1. The molecular formula is C43H71NO12. The van der Waals surface area contributed by atoms with E-state index in [-0.39, 0.29) is 30.9 Å². The summed E-state index contributed by atoms with van der Waals surface area (Å²) in [7, 11) is 3.53. The maximum atomic E-state index is 14.4. The van der Waals surface area contributed by atoms with E-state index in [2.05, 4.69) is 24.0 Å². The van der Waals surface area contributed by atoms with Crippen LogP contribution < -0.4 is 0 Å². The highest BCUT2D eigenvalue weighted by Crippen LogP contribution is 2.48. The van der Waals surface area contributed by atoms with E-state index < -0.39 is 102 Å². The second kappa shape index (κ2) is 17.8. The molecule has 1 aromatic carbocycles. The summed E-state index contributed by atoms with van der Waals surface area (Å²) >= 11 is 0. The lowest BCUT2D eigenvalue weighted by Crippen LogP contribution is -2.60. The molecule has 2 unspecified atom stereocenters. The summed E-state index contributed by atoms with van der Waals surface area (Å²) in [6.45, 7) is 19.0. The zero-order chi connectivity index (χ0) is 41.5. The fraction of sp³-hybridized carbons (Fsp3) is 0.837. The first kappa shape index (κ1) is 45.3. The minimum atomic E-state index is -1.80. The van der Waals surface area contributed by atoms with E-state index in [1.165, 1.54) is 14.0 Å². The van der Waals surface area contributed by atoms with E-state index in [0.717, 1.165) is 5.56 Å². The van der Waals surface area contributed by atoms with Crippen molar-refractivity contribution in [2.75, 3.05) is 14.2 Å². The molecule has 4 fully saturated rings. The standard InChI is InChI=1S/C43H71NO12/c1-13-31(45)43(10,49)38-25(4)34-23(2)20-42(9,56-34)37(55-40-33(46)30(19-24(3)51-40)44(11)22-29-17-15-14-16-18-29)26(5)35(27(6)39(48)54-38)53-32-21-41(8,50-12)36(47)28(7)52-32/h14-18,23-28,30-38,40,45-47,49H,13,19-22H2,1-12H3/t23?,24-,25+,26+,27-,28+,30+,31-,32+,33-,34?,35+,36+,37-,38-,40+,41-,42-,43-/m1/s1. The van der Waals surface area contributed by atoms with Gasteiger partial charge in [-0.1, -0.05) is 58.0 Å². The molecule has 2 bridgehead atoms. The number of aliphatic hydroxyl groups excluding tert-OH is 3. The van der Waals surface area contributed by atoms with Crippen LogP contribution in [0.4, 0.5) is 0 Å². The minimum absolute atomic E-state index is 0.0763. The number of hydrogen-bond donors (Lipinski definition) is 4. The number of carbonyl (C=O) groups is 1. The number of esters is 1. The van der Waals surface area contributed by atoms with Crippen molar-refractivity contribution < 1.29 is 58.4 Å². The van der Waals surface area contributed by atoms with E-state index in [1.807, 2.05) is 52.9 Å². The Balaban J connectivity index is 1.55. The van der Waals surface area contributed by atoms with Crippen LogP contribution in [0.2, 0.25) is 0 Å². The summed E-state index contributed by atoms with van der Waals surface area (Å²) in [5.74, 6) is -2.76. The molecule has 0 saturated carbocycles. The van der Waals surface area contributed by atoms with E-state index in [1.54, 1.807) is 27.7 Å². The van der Waals surface area contributed by atoms with Gasteiger partial charge >= 0.3 is 5.97 Å². The van der Waals surface area contributed by atoms with Crippen molar-refractivity contribution in [3.63, 3.8) is 0 Å². The molecule has 13 heteroatoms. The molecule has 0 aliphatic carbocycles. The molecule has 13 nitrogen and oxygen atoms in total. The molecule has 1 aromatic rings. The van der Waals surface area contributed by atoms with Crippen LogP contribution in [-0.4, -0.2) is 136 Å². The third-order valence-corrected chi connectivity index (χ3v) is 13.6. The Morgan fingerprint density at radius 1 is 1.00 bits per heavy atom. The highest BCUT2D eigenvalue weighted by atomic mass is 16.7. The molecular weight excluding hydrogens is 722 g/mol. The Morgan fingerprint density at radius 2 is 1.66 bits per heavy atom. The van der Waals surface area contributed by atoms with Gasteiger partial charge < -0.3 is 53.6 Å². The van der Waals surface area contributed by atoms with Gasteiger partial charge in [0, 0.05) is 38.0 Å². The van der Waals surface area contributed by atoms with E-state index in [4.69, 9.17) is 33.2 Å². The Morgan fingerprint density at radius 3 is 2.29 bits per heavy atom. The molecule has 0 spiro atoms. The topological polar surface area (TPSA) is 166 Å². The van der Waals surface area contributed by atoms with Crippen LogP contribution >= 0.6 is 0 Å². The van der Waals surface area contributed by atoms with E-state index >= 15 is 0 Å². The van der Waals surface area contributed by atoms with Crippen molar-refractivity contribution in [1.29, 1.82) is 0 Å². The smallest absolute Gasteiger partial charge is 0.311 e. The molecule has 0 radical (unpaired) electrons. The Kier molecular flexibility index (Phi) is 14.4. The van der Waals surface area contributed by atoms with Crippen molar-refractivity contribution in [2.45, 2.75) is 192 Å². The van der Waals surface area contributed by atoms with Crippen molar-refractivity contribution in [1.82, 2.24) is 4.90 Å². The second-order valence-corrected chi connectivity index (χ2v) is 18.2. The van der Waals surface area contributed by atoms with Crippen molar-refractivity contribution >= 4 is 5.97 Å². The molecule has 19 atom stereocenters. The highest BCUT2D eigenvalue weighted by Gasteiger charge is 2.59. The van der Waals surface area contributed by atoms with Gasteiger partial charge in [0.25, 0.3) is 0 Å². The van der Waals surface area contributed by atoms with Crippen LogP contribution in [0.5, 0.6) is 0 Å². The molecule has 0 amide bonds. The lowest BCUT2D eigenvalue weighted by atomic mass is 9.76. The van der Waals surface area contributed by atoms with Gasteiger partial charge in [-0.25, -0.2) is 0 Å². The van der Waals surface area contributed by atoms with Crippen molar-refractivity contribution in [3.05, 3.63) is 35.9 Å². The van der Waals surface area contributed by atoms with Gasteiger partial charge in [0.15, 0.2) is 12.6 Å². The van der Waals surface area contributed by atoms with E-state index in [9.17, 15) is 25.2 Å². The Labute approximate surface area is 334 Å². The monoisotopic (exact) mass is 793 g/mol.